The fourth-order valence-corrected chi connectivity index (χ4v) is 0.732. The van der Waals surface area contributed by atoms with E-state index in [0.29, 0.717) is 12.0 Å². The second-order valence-corrected chi connectivity index (χ2v) is 1.98. The normalized spacial score (nSPS) is 9.50. The van der Waals surface area contributed by atoms with Crippen LogP contribution in [0.15, 0.2) is 0 Å². The van der Waals surface area contributed by atoms with E-state index in [4.69, 9.17) is 11.6 Å². The lowest BCUT2D eigenvalue weighted by Crippen LogP contribution is -1.71. The van der Waals surface area contributed by atoms with Crippen molar-refractivity contribution in [3.8, 4) is 0 Å². The molecule has 3 heteroatoms. The van der Waals surface area contributed by atoms with Crippen LogP contribution in [0.1, 0.15) is 6.42 Å². The Morgan fingerprint density at radius 2 is 2.33 bits per heavy atom. The summed E-state index contributed by atoms with van der Waals surface area (Å²) in [6.07, 6.45) is 1.55. The number of hydrogen-bond acceptors (Lipinski definition) is 1. The molecule has 0 aromatic carbocycles. The highest BCUT2D eigenvalue weighted by atomic mass is 35.5. The number of rotatable bonds is 3. The van der Waals surface area contributed by atoms with Gasteiger partial charge in [-0.15, -0.1) is 11.6 Å². The Labute approximate surface area is 43.9 Å². The van der Waals surface area contributed by atoms with Gasteiger partial charge in [-0.1, -0.05) is 0 Å². The summed E-state index contributed by atoms with van der Waals surface area (Å²) in [5.41, 5.74) is 0. The summed E-state index contributed by atoms with van der Waals surface area (Å²) in [6, 6.07) is 0. The average molecular weight is 125 g/mol. The van der Waals surface area contributed by atoms with Crippen LogP contribution < -0.4 is 0 Å². The zero-order chi connectivity index (χ0) is 4.83. The molecule has 0 heterocycles. The topological polar surface area (TPSA) is 17.1 Å². The second kappa shape index (κ2) is 5.39. The van der Waals surface area contributed by atoms with Crippen molar-refractivity contribution in [1.82, 2.24) is 0 Å². The van der Waals surface area contributed by atoms with Gasteiger partial charge in [0.05, 0.1) is 0 Å². The maximum atomic E-state index is 9.60. The average Bonchev–Trinajstić information content (AvgIpc) is 1.61. The van der Waals surface area contributed by atoms with Crippen LogP contribution in [0.3, 0.4) is 0 Å². The fraction of sp³-hybridized carbons (Fsp3) is 1.00. The third-order valence-electron chi connectivity index (χ3n) is 0.383. The first-order chi connectivity index (χ1) is 2.91. The van der Waals surface area contributed by atoms with E-state index in [0.717, 1.165) is 6.42 Å². The highest BCUT2D eigenvalue weighted by Gasteiger charge is 1.78. The van der Waals surface area contributed by atoms with E-state index in [1.54, 1.807) is 0 Å². The molecule has 0 aliphatic heterocycles. The van der Waals surface area contributed by atoms with Crippen LogP contribution in [-0.2, 0) is 4.57 Å². The molecule has 0 amide bonds. The first kappa shape index (κ1) is 6.39. The van der Waals surface area contributed by atoms with Crippen LogP contribution in [0.5, 0.6) is 0 Å². The Hall–Kier alpha value is 0.390. The second-order valence-electron chi connectivity index (χ2n) is 0.895. The minimum absolute atomic E-state index is 0.211. The Bertz CT molecular complexity index is 39.8. The van der Waals surface area contributed by atoms with Gasteiger partial charge >= 0.3 is 0 Å². The van der Waals surface area contributed by atoms with Gasteiger partial charge in [0.1, 0.15) is 0 Å². The van der Waals surface area contributed by atoms with Crippen LogP contribution in [0, 0.1) is 0 Å². The Kier molecular flexibility index (Phi) is 5.74. The summed E-state index contributed by atoms with van der Waals surface area (Å²) in [5.74, 6) is 0.620. The maximum Gasteiger partial charge on any atom is 0.155 e. The van der Waals surface area contributed by atoms with Crippen LogP contribution in [0.25, 0.3) is 0 Å². The van der Waals surface area contributed by atoms with Crippen molar-refractivity contribution in [2.45, 2.75) is 6.42 Å². The highest BCUT2D eigenvalue weighted by molar-refractivity contribution is 7.23. The Morgan fingerprint density at radius 3 is 2.50 bits per heavy atom. The van der Waals surface area contributed by atoms with Gasteiger partial charge in [0.25, 0.3) is 0 Å². The first-order valence-corrected chi connectivity index (χ1v) is 3.30. The van der Waals surface area contributed by atoms with Crippen molar-refractivity contribution in [2.75, 3.05) is 12.0 Å². The van der Waals surface area contributed by atoms with Crippen molar-refractivity contribution in [1.29, 1.82) is 0 Å². The summed E-state index contributed by atoms with van der Waals surface area (Å²) in [7, 11) is 0.211. The first-order valence-electron chi connectivity index (χ1n) is 1.77. The Morgan fingerprint density at radius 1 is 1.67 bits per heavy atom. The van der Waals surface area contributed by atoms with Crippen molar-refractivity contribution in [2.24, 2.45) is 0 Å². The van der Waals surface area contributed by atoms with E-state index in [1.165, 1.54) is 0 Å². The summed E-state index contributed by atoms with van der Waals surface area (Å²) >= 11 is 5.24. The predicted octanol–water partition coefficient (Wildman–Crippen LogP) is 1.91. The summed E-state index contributed by atoms with van der Waals surface area (Å²) < 4.78 is 9.60. The minimum Gasteiger partial charge on any atom is -0.275 e. The minimum atomic E-state index is 0.211. The highest BCUT2D eigenvalue weighted by Crippen LogP contribution is 1.94. The van der Waals surface area contributed by atoms with E-state index in [9.17, 15) is 4.57 Å². The predicted molar refractivity (Wildman–Crippen MR) is 27.8 cm³/mol. The molecule has 36 valence electrons. The van der Waals surface area contributed by atoms with Crippen LogP contribution in [0.2, 0.25) is 0 Å². The van der Waals surface area contributed by atoms with Gasteiger partial charge in [0.15, 0.2) is 8.46 Å². The quantitative estimate of drug-likeness (QED) is 0.319. The monoisotopic (exact) mass is 124 g/mol. The number of hydrogen-bond donors (Lipinski definition) is 0. The third kappa shape index (κ3) is 4.39. The van der Waals surface area contributed by atoms with E-state index < -0.39 is 0 Å². The van der Waals surface area contributed by atoms with Gasteiger partial charge in [-0.25, -0.2) is 0 Å². The number of alkyl halides is 1. The zero-order valence-electron chi connectivity index (χ0n) is 3.35. The molecule has 0 rings (SSSR count). The molecule has 0 unspecified atom stereocenters. The number of halogens is 1. The lowest BCUT2D eigenvalue weighted by Gasteiger charge is -1.76. The molecule has 0 spiro atoms. The molecule has 0 bridgehead atoms. The van der Waals surface area contributed by atoms with Crippen molar-refractivity contribution in [3.05, 3.63) is 0 Å². The molecule has 0 N–H and O–H groups in total. The molecule has 0 aliphatic rings. The lowest BCUT2D eigenvalue weighted by atomic mass is 10.6. The van der Waals surface area contributed by atoms with Gasteiger partial charge in [-0.2, -0.15) is 0 Å². The van der Waals surface area contributed by atoms with Crippen LogP contribution in [0.4, 0.5) is 0 Å². The maximum absolute atomic E-state index is 9.60. The largest absolute Gasteiger partial charge is 0.275 e. The molecule has 0 saturated carbocycles. The van der Waals surface area contributed by atoms with Gasteiger partial charge in [0, 0.05) is 12.0 Å². The van der Waals surface area contributed by atoms with Crippen LogP contribution in [-0.4, -0.2) is 12.0 Å². The van der Waals surface area contributed by atoms with Gasteiger partial charge in [-0.3, -0.25) is 4.57 Å². The summed E-state index contributed by atoms with van der Waals surface area (Å²) in [5, 5.41) is 0. The van der Waals surface area contributed by atoms with E-state index in [2.05, 4.69) is 0 Å². The van der Waals surface area contributed by atoms with Gasteiger partial charge < -0.3 is 0 Å². The van der Waals surface area contributed by atoms with Crippen LogP contribution >= 0.6 is 20.1 Å². The molecule has 0 aromatic rings. The van der Waals surface area contributed by atoms with Crippen molar-refractivity contribution >= 4 is 20.1 Å². The molecular weight excluding hydrogens is 118 g/mol. The molecule has 0 atom stereocenters. The van der Waals surface area contributed by atoms with E-state index >= 15 is 0 Å². The molecule has 0 aromatic heterocycles. The summed E-state index contributed by atoms with van der Waals surface area (Å²) in [4.78, 5) is 0. The molecule has 0 radical (unpaired) electrons. The van der Waals surface area contributed by atoms with Gasteiger partial charge in [0.2, 0.25) is 0 Å². The molecule has 0 fully saturated rings. The molecule has 0 saturated heterocycles. The molecule has 0 aliphatic carbocycles. The third-order valence-corrected chi connectivity index (χ3v) is 1.15. The zero-order valence-corrected chi connectivity index (χ0v) is 5.01. The molecular formula is C3H6ClOP. The molecule has 6 heavy (non-hydrogen) atoms. The Balaban J connectivity index is 2.49. The van der Waals surface area contributed by atoms with Crippen molar-refractivity contribution < 1.29 is 4.57 Å². The van der Waals surface area contributed by atoms with E-state index in [-0.39, 0.29) is 8.46 Å². The smallest absolute Gasteiger partial charge is 0.155 e. The van der Waals surface area contributed by atoms with E-state index in [1.807, 2.05) is 0 Å². The molecule has 1 nitrogen and oxygen atoms in total. The lowest BCUT2D eigenvalue weighted by molar-refractivity contribution is 0.598. The van der Waals surface area contributed by atoms with Crippen molar-refractivity contribution in [3.63, 3.8) is 0 Å². The van der Waals surface area contributed by atoms with Gasteiger partial charge in [-0.05, 0) is 6.42 Å². The standard InChI is InChI=1S/C3H6ClOP/c4-2-1-3-6-5/h1-3H2. The SMILES string of the molecule is O=PCCCCl. The fourth-order valence-electron chi connectivity index (χ4n) is 0.124. The summed E-state index contributed by atoms with van der Waals surface area (Å²) in [6.45, 7) is 0.